The third kappa shape index (κ3) is 2.32. The van der Waals surface area contributed by atoms with E-state index in [1.807, 2.05) is 13.8 Å². The number of rotatable bonds is 2. The second-order valence-electron chi connectivity index (χ2n) is 5.98. The lowest BCUT2D eigenvalue weighted by Crippen LogP contribution is -2.36. The molecule has 0 radical (unpaired) electrons. The molecule has 1 N–H and O–H groups in total. The van der Waals surface area contributed by atoms with Crippen molar-refractivity contribution in [1.29, 1.82) is 0 Å². The number of hydrogen-bond acceptors (Lipinski definition) is 2. The molecule has 1 aliphatic rings. The van der Waals surface area contributed by atoms with Gasteiger partial charge in [0.1, 0.15) is 5.15 Å². The van der Waals surface area contributed by atoms with Gasteiger partial charge in [-0.15, -0.1) is 0 Å². The Morgan fingerprint density at radius 1 is 1.24 bits per heavy atom. The molecule has 6 heteroatoms. The van der Waals surface area contributed by atoms with E-state index in [1.165, 1.54) is 4.57 Å². The van der Waals surface area contributed by atoms with Crippen molar-refractivity contribution in [1.82, 2.24) is 9.55 Å². The average molecular weight is 325 g/mol. The number of nitrogens with zero attached hydrogens (tertiary/aromatic N) is 1. The molecule has 1 saturated carbocycles. The first-order valence-corrected chi connectivity index (χ1v) is 7.38. The highest BCUT2D eigenvalue weighted by molar-refractivity contribution is 6.35. The summed E-state index contributed by atoms with van der Waals surface area (Å²) >= 11 is 12.2. The Bertz CT molecular complexity index is 836. The van der Waals surface area contributed by atoms with E-state index in [-0.39, 0.29) is 22.2 Å². The van der Waals surface area contributed by atoms with Gasteiger partial charge in [0, 0.05) is 16.6 Å². The second kappa shape index (κ2) is 4.75. The van der Waals surface area contributed by atoms with Gasteiger partial charge in [-0.2, -0.15) is 0 Å². The lowest BCUT2D eigenvalue weighted by molar-refractivity contribution is 0.514. The van der Waals surface area contributed by atoms with Crippen molar-refractivity contribution in [2.75, 3.05) is 0 Å². The van der Waals surface area contributed by atoms with E-state index < -0.39 is 11.2 Å². The molecule has 3 rings (SSSR count). The number of nitrogens with one attached hydrogen (secondary N) is 1. The quantitative estimate of drug-likeness (QED) is 0.860. The molecule has 1 unspecified atom stereocenters. The molecule has 1 atom stereocenters. The van der Waals surface area contributed by atoms with Crippen molar-refractivity contribution in [3.8, 4) is 11.1 Å². The van der Waals surface area contributed by atoms with Crippen LogP contribution in [0.2, 0.25) is 10.2 Å². The van der Waals surface area contributed by atoms with Crippen molar-refractivity contribution in [2.45, 2.75) is 26.3 Å². The first-order valence-electron chi connectivity index (χ1n) is 6.62. The first-order chi connectivity index (χ1) is 9.83. The Kier molecular flexibility index (Phi) is 3.26. The molecule has 110 valence electrons. The third-order valence-electron chi connectivity index (χ3n) is 4.00. The zero-order chi connectivity index (χ0) is 15.4. The van der Waals surface area contributed by atoms with Crippen LogP contribution in [0, 0.1) is 5.41 Å². The molecule has 1 aliphatic carbocycles. The molecular weight excluding hydrogens is 311 g/mol. The summed E-state index contributed by atoms with van der Waals surface area (Å²) in [5.41, 5.74) is -0.159. The molecule has 0 bridgehead atoms. The fraction of sp³-hybridized carbons (Fsp3) is 0.333. The summed E-state index contributed by atoms with van der Waals surface area (Å²) in [6.07, 6.45) is 0.791. The van der Waals surface area contributed by atoms with E-state index in [2.05, 4.69) is 4.98 Å². The molecule has 4 nitrogen and oxygen atoms in total. The molecule has 0 saturated heterocycles. The van der Waals surface area contributed by atoms with Crippen LogP contribution in [-0.4, -0.2) is 9.55 Å². The predicted octanol–water partition coefficient (Wildman–Crippen LogP) is 3.48. The van der Waals surface area contributed by atoms with Gasteiger partial charge in [-0.3, -0.25) is 14.3 Å². The molecule has 0 aliphatic heterocycles. The van der Waals surface area contributed by atoms with Crippen LogP contribution in [0.25, 0.3) is 11.1 Å². The van der Waals surface area contributed by atoms with Crippen molar-refractivity contribution < 1.29 is 0 Å². The van der Waals surface area contributed by atoms with Crippen LogP contribution in [0.15, 0.2) is 33.9 Å². The van der Waals surface area contributed by atoms with Gasteiger partial charge >= 0.3 is 5.69 Å². The van der Waals surface area contributed by atoms with Crippen molar-refractivity contribution >= 4 is 23.2 Å². The third-order valence-corrected chi connectivity index (χ3v) is 4.62. The molecule has 1 heterocycles. The number of hydrogen-bond donors (Lipinski definition) is 1. The summed E-state index contributed by atoms with van der Waals surface area (Å²) in [5, 5.41) is 0.443. The Labute approximate surface area is 131 Å². The fourth-order valence-corrected chi connectivity index (χ4v) is 3.08. The van der Waals surface area contributed by atoms with Crippen LogP contribution >= 0.6 is 23.2 Å². The van der Waals surface area contributed by atoms with Gasteiger partial charge in [0.2, 0.25) is 0 Å². The summed E-state index contributed by atoms with van der Waals surface area (Å²) in [5.74, 6) is 0. The van der Waals surface area contributed by atoms with Crippen molar-refractivity contribution in [3.05, 3.63) is 55.3 Å². The summed E-state index contributed by atoms with van der Waals surface area (Å²) in [6.45, 7) is 4.04. The lowest BCUT2D eigenvalue weighted by Gasteiger charge is -2.11. The van der Waals surface area contributed by atoms with E-state index in [1.54, 1.807) is 24.3 Å². The van der Waals surface area contributed by atoms with Crippen molar-refractivity contribution in [3.63, 3.8) is 0 Å². The van der Waals surface area contributed by atoms with Crippen LogP contribution in [-0.2, 0) is 0 Å². The maximum absolute atomic E-state index is 12.7. The molecule has 21 heavy (non-hydrogen) atoms. The number of aromatic amines is 1. The minimum Gasteiger partial charge on any atom is -0.297 e. The van der Waals surface area contributed by atoms with Crippen LogP contribution in [0.1, 0.15) is 26.3 Å². The zero-order valence-electron chi connectivity index (χ0n) is 11.6. The Balaban J connectivity index is 2.29. The maximum atomic E-state index is 12.7. The first kappa shape index (κ1) is 14.4. The van der Waals surface area contributed by atoms with Crippen LogP contribution in [0.3, 0.4) is 0 Å². The predicted molar refractivity (Wildman–Crippen MR) is 84.2 cm³/mol. The Morgan fingerprint density at radius 2 is 1.86 bits per heavy atom. The Hall–Kier alpha value is -1.52. The van der Waals surface area contributed by atoms with E-state index >= 15 is 0 Å². The molecule has 0 amide bonds. The van der Waals surface area contributed by atoms with Gasteiger partial charge in [0.25, 0.3) is 5.56 Å². The van der Waals surface area contributed by atoms with Crippen LogP contribution < -0.4 is 11.2 Å². The van der Waals surface area contributed by atoms with E-state index in [9.17, 15) is 9.59 Å². The minimum absolute atomic E-state index is 0.0211. The van der Waals surface area contributed by atoms with Crippen molar-refractivity contribution in [2.24, 2.45) is 5.41 Å². The molecule has 0 spiro atoms. The summed E-state index contributed by atoms with van der Waals surface area (Å²) in [4.78, 5) is 27.4. The van der Waals surface area contributed by atoms with Gasteiger partial charge in [-0.25, -0.2) is 4.79 Å². The van der Waals surface area contributed by atoms with Gasteiger partial charge in [-0.1, -0.05) is 55.2 Å². The number of H-pyrrole nitrogens is 1. The highest BCUT2D eigenvalue weighted by atomic mass is 35.5. The topological polar surface area (TPSA) is 54.9 Å². The lowest BCUT2D eigenvalue weighted by atomic mass is 10.1. The van der Waals surface area contributed by atoms with E-state index in [0.29, 0.717) is 10.6 Å². The fourth-order valence-electron chi connectivity index (χ4n) is 2.58. The standard InChI is InChI=1S/C15H14Cl2N2O2/c1-15(2)7-10(15)19-13(20)11(12(17)18-14(19)21)8-5-3-4-6-9(8)16/h3-6,10H,7H2,1-2H3,(H,18,21). The molecule has 1 aromatic heterocycles. The number of aromatic nitrogens is 2. The number of halogens is 2. The zero-order valence-corrected chi connectivity index (χ0v) is 13.1. The minimum atomic E-state index is -0.476. The molecule has 1 fully saturated rings. The second-order valence-corrected chi connectivity index (χ2v) is 6.77. The van der Waals surface area contributed by atoms with Crippen LogP contribution in [0.4, 0.5) is 0 Å². The average Bonchev–Trinajstić information content (AvgIpc) is 2.99. The largest absolute Gasteiger partial charge is 0.329 e. The maximum Gasteiger partial charge on any atom is 0.329 e. The van der Waals surface area contributed by atoms with E-state index in [0.717, 1.165) is 6.42 Å². The summed E-state index contributed by atoms with van der Waals surface area (Å²) in [6, 6.07) is 6.84. The number of benzene rings is 1. The van der Waals surface area contributed by atoms with Gasteiger partial charge in [0.05, 0.1) is 5.56 Å². The summed E-state index contributed by atoms with van der Waals surface area (Å²) in [7, 11) is 0. The molecule has 1 aromatic carbocycles. The monoisotopic (exact) mass is 324 g/mol. The van der Waals surface area contributed by atoms with Gasteiger partial charge in [0.15, 0.2) is 0 Å². The SMILES string of the molecule is CC1(C)CC1n1c(=O)[nH]c(Cl)c(-c2ccccc2Cl)c1=O. The smallest absolute Gasteiger partial charge is 0.297 e. The van der Waals surface area contributed by atoms with Gasteiger partial charge in [-0.05, 0) is 17.9 Å². The molecular formula is C15H14Cl2N2O2. The van der Waals surface area contributed by atoms with E-state index in [4.69, 9.17) is 23.2 Å². The Morgan fingerprint density at radius 3 is 2.43 bits per heavy atom. The van der Waals surface area contributed by atoms with Crippen LogP contribution in [0.5, 0.6) is 0 Å². The summed E-state index contributed by atoms with van der Waals surface area (Å²) < 4.78 is 1.25. The highest BCUT2D eigenvalue weighted by Gasteiger charge is 2.49. The van der Waals surface area contributed by atoms with Gasteiger partial charge < -0.3 is 0 Å². The molecule has 2 aromatic rings. The normalized spacial score (nSPS) is 19.5. The highest BCUT2D eigenvalue weighted by Crippen LogP contribution is 2.54.